The van der Waals surface area contributed by atoms with E-state index in [0.717, 1.165) is 10.0 Å². The molecule has 0 amide bonds. The number of carbonyl (C=O) groups is 1. The second-order valence-corrected chi connectivity index (χ2v) is 5.18. The fourth-order valence-electron chi connectivity index (χ4n) is 1.66. The molecule has 1 aromatic heterocycles. The summed E-state index contributed by atoms with van der Waals surface area (Å²) in [5, 5.41) is 0.503. The van der Waals surface area contributed by atoms with E-state index in [1.54, 1.807) is 37.6 Å². The fraction of sp³-hybridized carbons (Fsp3) is 0.143. The lowest BCUT2D eigenvalue weighted by molar-refractivity contribution is 0.0993. The maximum absolute atomic E-state index is 12.2. The Kier molecular flexibility index (Phi) is 4.56. The monoisotopic (exact) mass is 339 g/mol. The third-order valence-electron chi connectivity index (χ3n) is 2.68. The lowest BCUT2D eigenvalue weighted by Crippen LogP contribution is -2.04. The van der Waals surface area contributed by atoms with Gasteiger partial charge in [0, 0.05) is 24.4 Å². The third kappa shape index (κ3) is 3.33. The van der Waals surface area contributed by atoms with E-state index in [4.69, 9.17) is 16.3 Å². The van der Waals surface area contributed by atoms with Crippen molar-refractivity contribution in [2.24, 2.45) is 0 Å². The van der Waals surface area contributed by atoms with Gasteiger partial charge in [-0.1, -0.05) is 11.6 Å². The second-order valence-electron chi connectivity index (χ2n) is 3.92. The van der Waals surface area contributed by atoms with Gasteiger partial charge in [-0.25, -0.2) is 0 Å². The largest absolute Gasteiger partial charge is 0.496 e. The van der Waals surface area contributed by atoms with Crippen LogP contribution in [0.25, 0.3) is 0 Å². The zero-order valence-corrected chi connectivity index (χ0v) is 12.5. The molecule has 2 rings (SSSR count). The van der Waals surface area contributed by atoms with Crippen LogP contribution in [-0.2, 0) is 6.42 Å². The average molecular weight is 341 g/mol. The summed E-state index contributed by atoms with van der Waals surface area (Å²) in [6.07, 6.45) is 3.41. The number of ether oxygens (including phenoxy) is 1. The number of aromatic nitrogens is 1. The van der Waals surface area contributed by atoms with Crippen LogP contribution < -0.4 is 4.74 Å². The molecule has 0 saturated carbocycles. The number of benzene rings is 1. The van der Waals surface area contributed by atoms with Crippen molar-refractivity contribution in [2.45, 2.75) is 6.42 Å². The fourth-order valence-corrected chi connectivity index (χ4v) is 2.39. The summed E-state index contributed by atoms with van der Waals surface area (Å²) < 4.78 is 5.88. The van der Waals surface area contributed by atoms with Gasteiger partial charge in [-0.05, 0) is 45.8 Å². The van der Waals surface area contributed by atoms with Gasteiger partial charge < -0.3 is 4.74 Å². The van der Waals surface area contributed by atoms with Gasteiger partial charge in [-0.15, -0.1) is 0 Å². The number of ketones is 1. The third-order valence-corrected chi connectivity index (χ3v) is 3.64. The Bertz CT molecular complexity index is 616. The van der Waals surface area contributed by atoms with Gasteiger partial charge in [0.15, 0.2) is 5.78 Å². The molecule has 0 aliphatic heterocycles. The lowest BCUT2D eigenvalue weighted by Gasteiger charge is -2.06. The first kappa shape index (κ1) is 14.0. The Hall–Kier alpha value is -1.39. The first-order valence-electron chi connectivity index (χ1n) is 5.57. The van der Waals surface area contributed by atoms with Crippen molar-refractivity contribution in [3.05, 3.63) is 57.3 Å². The minimum Gasteiger partial charge on any atom is -0.496 e. The van der Waals surface area contributed by atoms with E-state index in [2.05, 4.69) is 20.9 Å². The summed E-state index contributed by atoms with van der Waals surface area (Å²) in [6.45, 7) is 0. The molecule has 0 unspecified atom stereocenters. The molecule has 5 heteroatoms. The highest BCUT2D eigenvalue weighted by molar-refractivity contribution is 9.10. The number of hydrogen-bond acceptors (Lipinski definition) is 3. The Morgan fingerprint density at radius 1 is 1.42 bits per heavy atom. The Morgan fingerprint density at radius 2 is 2.21 bits per heavy atom. The molecule has 0 aliphatic carbocycles. The number of rotatable bonds is 4. The minimum absolute atomic E-state index is 0.00328. The molecule has 2 aromatic rings. The molecule has 0 bridgehead atoms. The average Bonchev–Trinajstić information content (AvgIpc) is 2.41. The molecule has 1 heterocycles. The summed E-state index contributed by atoms with van der Waals surface area (Å²) in [4.78, 5) is 16.1. The van der Waals surface area contributed by atoms with Gasteiger partial charge in [0.25, 0.3) is 0 Å². The summed E-state index contributed by atoms with van der Waals surface area (Å²) in [7, 11) is 1.58. The highest BCUT2D eigenvalue weighted by Crippen LogP contribution is 2.26. The molecular weight excluding hydrogens is 330 g/mol. The van der Waals surface area contributed by atoms with E-state index in [0.29, 0.717) is 16.3 Å². The molecule has 0 spiro atoms. The van der Waals surface area contributed by atoms with E-state index in [9.17, 15) is 4.79 Å². The Morgan fingerprint density at radius 3 is 2.84 bits per heavy atom. The van der Waals surface area contributed by atoms with E-state index in [1.165, 1.54) is 6.20 Å². The van der Waals surface area contributed by atoms with Crippen LogP contribution in [0.5, 0.6) is 5.75 Å². The van der Waals surface area contributed by atoms with Crippen LogP contribution in [0.1, 0.15) is 15.9 Å². The first-order valence-corrected chi connectivity index (χ1v) is 6.74. The van der Waals surface area contributed by atoms with Crippen LogP contribution in [-0.4, -0.2) is 17.9 Å². The topological polar surface area (TPSA) is 39.2 Å². The second kappa shape index (κ2) is 6.17. The summed E-state index contributed by atoms with van der Waals surface area (Å²) in [5.74, 6) is 0.690. The van der Waals surface area contributed by atoms with Crippen molar-refractivity contribution in [3.8, 4) is 5.75 Å². The summed E-state index contributed by atoms with van der Waals surface area (Å²) in [6, 6.07) is 6.99. The van der Waals surface area contributed by atoms with E-state index in [1.807, 2.05) is 0 Å². The molecule has 0 aliphatic rings. The number of methoxy groups -OCH3 is 1. The number of carbonyl (C=O) groups excluding carboxylic acids is 1. The van der Waals surface area contributed by atoms with Crippen LogP contribution in [0, 0.1) is 0 Å². The lowest BCUT2D eigenvalue weighted by atomic mass is 10.0. The number of halogens is 2. The van der Waals surface area contributed by atoms with Gasteiger partial charge in [0.2, 0.25) is 0 Å². The van der Waals surface area contributed by atoms with E-state index < -0.39 is 0 Å². The van der Waals surface area contributed by atoms with Crippen molar-refractivity contribution in [1.29, 1.82) is 0 Å². The highest BCUT2D eigenvalue weighted by atomic mass is 79.9. The molecule has 0 N–H and O–H groups in total. The zero-order chi connectivity index (χ0) is 13.8. The highest BCUT2D eigenvalue weighted by Gasteiger charge is 2.11. The number of hydrogen-bond donors (Lipinski definition) is 0. The van der Waals surface area contributed by atoms with E-state index >= 15 is 0 Å². The van der Waals surface area contributed by atoms with Gasteiger partial charge in [-0.3, -0.25) is 9.78 Å². The predicted octanol–water partition coefficient (Wildman–Crippen LogP) is 3.93. The predicted molar refractivity (Wildman–Crippen MR) is 78.0 cm³/mol. The molecule has 3 nitrogen and oxygen atoms in total. The molecule has 1 aromatic carbocycles. The molecule has 0 radical (unpaired) electrons. The Labute approximate surface area is 124 Å². The summed E-state index contributed by atoms with van der Waals surface area (Å²) >= 11 is 9.35. The molecule has 0 atom stereocenters. The minimum atomic E-state index is -0.00328. The molecule has 0 saturated heterocycles. The normalized spacial score (nSPS) is 10.3. The summed E-state index contributed by atoms with van der Waals surface area (Å²) in [5.41, 5.74) is 1.38. The maximum atomic E-state index is 12.2. The van der Waals surface area contributed by atoms with E-state index in [-0.39, 0.29) is 12.2 Å². The van der Waals surface area contributed by atoms with Gasteiger partial charge in [0.05, 0.1) is 16.6 Å². The van der Waals surface area contributed by atoms with Crippen molar-refractivity contribution in [1.82, 2.24) is 4.98 Å². The number of nitrogens with zero attached hydrogens (tertiary/aromatic N) is 1. The smallest absolute Gasteiger partial charge is 0.167 e. The zero-order valence-electron chi connectivity index (χ0n) is 10.2. The number of Topliss-reactive ketones (excluding diaryl/α,β-unsaturated/α-hetero) is 1. The standard InChI is InChI=1S/C14H11BrClNO2/c1-19-14-3-2-10(6-11(14)15)13(18)7-9-4-5-17-8-12(9)16/h2-6,8H,7H2,1H3. The van der Waals surface area contributed by atoms with Crippen LogP contribution >= 0.6 is 27.5 Å². The molecular formula is C14H11BrClNO2. The van der Waals surface area contributed by atoms with Gasteiger partial charge in [0.1, 0.15) is 5.75 Å². The first-order chi connectivity index (χ1) is 9.11. The molecule has 98 valence electrons. The van der Waals surface area contributed by atoms with Crippen LogP contribution in [0.4, 0.5) is 0 Å². The van der Waals surface area contributed by atoms with Crippen molar-refractivity contribution >= 4 is 33.3 Å². The quantitative estimate of drug-likeness (QED) is 0.792. The van der Waals surface area contributed by atoms with Gasteiger partial charge in [-0.2, -0.15) is 0 Å². The molecule has 0 fully saturated rings. The van der Waals surface area contributed by atoms with Crippen molar-refractivity contribution in [2.75, 3.05) is 7.11 Å². The van der Waals surface area contributed by atoms with Crippen molar-refractivity contribution < 1.29 is 9.53 Å². The number of pyridine rings is 1. The van der Waals surface area contributed by atoms with Crippen LogP contribution in [0.2, 0.25) is 5.02 Å². The van der Waals surface area contributed by atoms with Gasteiger partial charge >= 0.3 is 0 Å². The Balaban J connectivity index is 2.21. The molecule has 19 heavy (non-hydrogen) atoms. The SMILES string of the molecule is COc1ccc(C(=O)Cc2ccncc2Cl)cc1Br. The van der Waals surface area contributed by atoms with Crippen molar-refractivity contribution in [3.63, 3.8) is 0 Å². The maximum Gasteiger partial charge on any atom is 0.167 e. The van der Waals surface area contributed by atoms with Crippen LogP contribution in [0.3, 0.4) is 0 Å². The van der Waals surface area contributed by atoms with Crippen LogP contribution in [0.15, 0.2) is 41.1 Å².